The number of rotatable bonds is 8. The molecule has 0 atom stereocenters. The second kappa shape index (κ2) is 30.9. The number of carbonyl (C=O) groups excluding carboxylic acids is 2. The summed E-state index contributed by atoms with van der Waals surface area (Å²) in [4.78, 5) is 64.0. The molecule has 0 aliphatic rings. The van der Waals surface area contributed by atoms with Gasteiger partial charge in [-0.2, -0.15) is 0 Å². The topological polar surface area (TPSA) is 265 Å². The third kappa shape index (κ3) is 16.8. The van der Waals surface area contributed by atoms with Gasteiger partial charge in [-0.3, -0.25) is 33.3 Å². The molecule has 11 rings (SSSR count). The number of ether oxygens (including phenoxy) is 3. The third-order valence-electron chi connectivity index (χ3n) is 8.90. The maximum Gasteiger partial charge on any atom is 1.00 e. The predicted octanol–water partition coefficient (Wildman–Crippen LogP) is 6.04. The Bertz CT molecular complexity index is 3380. The minimum Gasteiger partial charge on any atom is -0.662 e. The van der Waals surface area contributed by atoms with Crippen LogP contribution in [0, 0.1) is 17.5 Å². The fraction of sp³-hybridized carbons (Fsp3) is 0.152. The Balaban J connectivity index is 0.000000257. The van der Waals surface area contributed by atoms with Crippen LogP contribution in [0.15, 0.2) is 104 Å². The molecule has 0 saturated carbocycles. The molecule has 20 nitrogen and oxygen atoms in total. The van der Waals surface area contributed by atoms with Gasteiger partial charge in [0.1, 0.15) is 54.5 Å². The van der Waals surface area contributed by atoms with Crippen molar-refractivity contribution in [2.24, 2.45) is 0 Å². The molecular formula is C46H42Br2F3N12NaO8S3. The number of nitrogen functional groups attached to an aromatic ring is 1. The van der Waals surface area contributed by atoms with Gasteiger partial charge in [0.2, 0.25) is 17.6 Å². The number of aromatic nitrogens is 11. The van der Waals surface area contributed by atoms with Crippen molar-refractivity contribution >= 4 is 125 Å². The Morgan fingerprint density at radius 3 is 1.45 bits per heavy atom. The van der Waals surface area contributed by atoms with E-state index in [0.717, 1.165) is 47.2 Å². The van der Waals surface area contributed by atoms with Crippen molar-refractivity contribution < 1.29 is 81.8 Å². The zero-order chi connectivity index (χ0) is 51.7. The number of methoxy groups -OCH3 is 3. The number of hydrogen-bond donors (Lipinski definition) is 2. The molecule has 11 aromatic heterocycles. The van der Waals surface area contributed by atoms with Crippen molar-refractivity contribution in [3.63, 3.8) is 0 Å². The number of thiazole rings is 3. The van der Waals surface area contributed by atoms with E-state index >= 15 is 0 Å². The van der Waals surface area contributed by atoms with Crippen LogP contribution in [0.5, 0.6) is 17.6 Å². The Kier molecular flexibility index (Phi) is 25.9. The molecule has 3 N–H and O–H groups in total. The molecule has 11 aromatic rings. The number of carbonyl (C=O) groups is 2. The Labute approximate surface area is 477 Å². The number of alkyl halides is 1. The zero-order valence-corrected chi connectivity index (χ0v) is 47.0. The van der Waals surface area contributed by atoms with Crippen LogP contribution in [0.4, 0.5) is 18.3 Å². The van der Waals surface area contributed by atoms with E-state index in [1.165, 1.54) is 70.7 Å². The summed E-state index contributed by atoms with van der Waals surface area (Å²) in [7, 11) is 4.76. The molecule has 0 bridgehead atoms. The number of aliphatic hydroxyl groups is 1. The molecule has 388 valence electrons. The van der Waals surface area contributed by atoms with Crippen LogP contribution >= 0.6 is 66.9 Å². The molecule has 0 unspecified atom stereocenters. The van der Waals surface area contributed by atoms with Crippen LogP contribution < -0.4 is 54.8 Å². The molecule has 0 aliphatic carbocycles. The Hall–Kier alpha value is -6.34. The van der Waals surface area contributed by atoms with E-state index in [2.05, 4.69) is 65.7 Å². The monoisotopic (exact) mass is 1220 g/mol. The average molecular weight is 1230 g/mol. The fourth-order valence-corrected chi connectivity index (χ4v) is 8.74. The number of ketones is 1. The van der Waals surface area contributed by atoms with Crippen molar-refractivity contribution in [2.45, 2.75) is 14.4 Å². The maximum atomic E-state index is 12.9. The molecule has 29 heteroatoms. The molecule has 0 spiro atoms. The van der Waals surface area contributed by atoms with E-state index in [4.69, 9.17) is 35.1 Å². The number of pyridine rings is 6. The van der Waals surface area contributed by atoms with Gasteiger partial charge in [0.15, 0.2) is 20.8 Å². The number of aliphatic hydroxyl groups excluding tert-OH is 1. The zero-order valence-electron chi connectivity index (χ0n) is 39.3. The molecule has 0 fully saturated rings. The summed E-state index contributed by atoms with van der Waals surface area (Å²) in [5.41, 5.74) is 11.2. The predicted molar refractivity (Wildman–Crippen MR) is 284 cm³/mol. The summed E-state index contributed by atoms with van der Waals surface area (Å²) in [6, 6.07) is 19.7. The van der Waals surface area contributed by atoms with Gasteiger partial charge >= 0.3 is 29.6 Å². The smallest absolute Gasteiger partial charge is 0.662 e. The number of nitrogens with two attached hydrogens (primary N) is 1. The quantitative estimate of drug-likeness (QED) is 0.0439. The summed E-state index contributed by atoms with van der Waals surface area (Å²) in [6.45, 7) is 1.75. The molecule has 0 saturated heterocycles. The molecule has 0 aromatic carbocycles. The summed E-state index contributed by atoms with van der Waals surface area (Å²) in [6.07, 6.45) is 7.15. The van der Waals surface area contributed by atoms with Crippen LogP contribution in [0.3, 0.4) is 0 Å². The van der Waals surface area contributed by atoms with Crippen molar-refractivity contribution in [1.82, 2.24) is 53.7 Å². The standard InChI is InChI=1S/2C14H9FN4OS.C7H5BrFNO.C7H7N3OS.C2H6O.CH2O3.CH4.BrH.Na/c2*1-20-12-5-4-11-13(18-12)21-14-17-10(7-19(11)14)9-3-2-8(15)6-16-9;8-3-7(11)6-2-1-5(9)4-10-6;1-11-5-3-2-4-6(10-5)12-7(8)9-4;1-2-3;2-1-4-3;;;/h2*2-7H,1H3;1-2,4H,3H2;2-3H,1H3,(H2,8,9);3H,2H2,1H3;1,3H;1H4;1H;/q;;;;;;;;+1/p-1. The Morgan fingerprint density at radius 2 is 1.08 bits per heavy atom. The average Bonchev–Trinajstić information content (AvgIpc) is 4.23. The van der Waals surface area contributed by atoms with E-state index in [1.807, 2.05) is 51.5 Å². The number of anilines is 1. The molecule has 0 aliphatic heterocycles. The molecule has 0 amide bonds. The van der Waals surface area contributed by atoms with E-state index in [0.29, 0.717) is 45.5 Å². The summed E-state index contributed by atoms with van der Waals surface area (Å²) in [5.74, 6) is 0.440. The van der Waals surface area contributed by atoms with Crippen LogP contribution in [0.25, 0.3) is 63.7 Å². The minimum atomic E-state index is -0.434. The van der Waals surface area contributed by atoms with Crippen molar-refractivity contribution in [3.8, 4) is 40.4 Å². The van der Waals surface area contributed by atoms with Crippen LogP contribution in [-0.2, 0) is 9.68 Å². The first-order valence-electron chi connectivity index (χ1n) is 20.4. The normalized spacial score (nSPS) is 9.95. The first kappa shape index (κ1) is 63.0. The number of fused-ring (bicyclic) bond motifs is 7. The minimum absolute atomic E-state index is 0. The number of halogens is 5. The van der Waals surface area contributed by atoms with Crippen LogP contribution in [-0.4, -0.2) is 104 Å². The Morgan fingerprint density at radius 1 is 0.667 bits per heavy atom. The van der Waals surface area contributed by atoms with E-state index < -0.39 is 5.82 Å². The van der Waals surface area contributed by atoms with Gasteiger partial charge in [0, 0.05) is 37.2 Å². The molecule has 0 radical (unpaired) electrons. The first-order chi connectivity index (χ1) is 34.8. The number of hydrogen-bond acceptors (Lipinski definition) is 21. The largest absolute Gasteiger partial charge is 1.00 e. The number of imidazole rings is 2. The van der Waals surface area contributed by atoms with E-state index in [1.54, 1.807) is 46.5 Å². The molecule has 11 heterocycles. The SMILES string of the molecule is Br.C.CCO.COc1ccc2c(n1)sc1nc(-c3ccc(F)cn3)cn12.COc1ccc2c(n1)sc1nc(-c3ccc(F)cn3)cn12.COc1ccc2nc(N)sc2n1.O=C(CBr)c1ccc(F)cn1.O=CO[O-].[Na+]. The van der Waals surface area contributed by atoms with Gasteiger partial charge in [-0.1, -0.05) is 57.4 Å². The second-order valence-electron chi connectivity index (χ2n) is 13.5. The number of Topliss-reactive ketones (excluding diaryl/α,β-unsaturated/α-hetero) is 1. The van der Waals surface area contributed by atoms with Gasteiger partial charge in [0.25, 0.3) is 6.47 Å². The maximum absolute atomic E-state index is 12.9. The van der Waals surface area contributed by atoms with Crippen molar-refractivity contribution in [1.29, 1.82) is 0 Å². The molecule has 75 heavy (non-hydrogen) atoms. The van der Waals surface area contributed by atoms with Crippen LogP contribution in [0.2, 0.25) is 0 Å². The van der Waals surface area contributed by atoms with Gasteiger partial charge in [-0.25, -0.2) is 43.1 Å². The van der Waals surface area contributed by atoms with Gasteiger partial charge in [-0.15, -0.1) is 17.0 Å². The fourth-order valence-electron chi connectivity index (χ4n) is 5.81. The van der Waals surface area contributed by atoms with Gasteiger partial charge < -0.3 is 35.2 Å². The second-order valence-corrected chi connectivity index (χ2v) is 17.0. The summed E-state index contributed by atoms with van der Waals surface area (Å²) in [5, 5.41) is 16.7. The van der Waals surface area contributed by atoms with Crippen molar-refractivity contribution in [3.05, 3.63) is 127 Å². The van der Waals surface area contributed by atoms with E-state index in [9.17, 15) is 18.0 Å². The third-order valence-corrected chi connectivity index (χ3v) is 12.1. The van der Waals surface area contributed by atoms with Gasteiger partial charge in [0.05, 0.1) is 67.7 Å². The first-order valence-corrected chi connectivity index (χ1v) is 23.9. The molecular weight excluding hydrogens is 1180 g/mol. The number of nitrogens with zero attached hydrogens (tertiary/aromatic N) is 11. The summed E-state index contributed by atoms with van der Waals surface area (Å²) < 4.78 is 57.2. The van der Waals surface area contributed by atoms with E-state index in [-0.39, 0.29) is 95.5 Å². The van der Waals surface area contributed by atoms with Gasteiger partial charge in [-0.05, 0) is 61.5 Å². The van der Waals surface area contributed by atoms with Crippen molar-refractivity contribution in [2.75, 3.05) is 39.0 Å². The summed E-state index contributed by atoms with van der Waals surface area (Å²) >= 11 is 7.28. The van der Waals surface area contributed by atoms with Crippen LogP contribution in [0.1, 0.15) is 24.8 Å².